The average Bonchev–Trinajstić information content (AvgIpc) is 3.31. The molecule has 4 aromatic rings. The van der Waals surface area contributed by atoms with Gasteiger partial charge in [0.15, 0.2) is 11.5 Å². The molecule has 0 N–H and O–H groups in total. The van der Waals surface area contributed by atoms with Gasteiger partial charge in [0.2, 0.25) is 0 Å². The molecule has 0 saturated carbocycles. The summed E-state index contributed by atoms with van der Waals surface area (Å²) in [7, 11) is 1.62. The van der Waals surface area contributed by atoms with Gasteiger partial charge < -0.3 is 4.74 Å². The molecule has 0 aliphatic rings. The van der Waals surface area contributed by atoms with Crippen LogP contribution >= 0.6 is 11.3 Å². The van der Waals surface area contributed by atoms with Gasteiger partial charge in [0.1, 0.15) is 5.39 Å². The van der Waals surface area contributed by atoms with Gasteiger partial charge >= 0.3 is 0 Å². The van der Waals surface area contributed by atoms with Crippen molar-refractivity contribution in [2.24, 2.45) is 0 Å². The van der Waals surface area contributed by atoms with Crippen LogP contribution in [0, 0.1) is 0 Å². The molecule has 0 amide bonds. The summed E-state index contributed by atoms with van der Waals surface area (Å²) in [6.45, 7) is 0.889. The molecule has 3 aromatic heterocycles. The summed E-state index contributed by atoms with van der Waals surface area (Å²) in [5, 5.41) is 6.86. The molecule has 0 radical (unpaired) electrons. The zero-order valence-corrected chi connectivity index (χ0v) is 14.4. The Balaban J connectivity index is 1.99. The van der Waals surface area contributed by atoms with Crippen molar-refractivity contribution in [3.05, 3.63) is 64.4 Å². The SMILES string of the molecule is COCCn1c(-c2cccs2)nc2c(cnn2-c2ccccc2)c1=O. The number of aromatic nitrogens is 4. The quantitative estimate of drug-likeness (QED) is 0.554. The molecule has 0 unspecified atom stereocenters. The number of ether oxygens (including phenoxy) is 1. The number of fused-ring (bicyclic) bond motifs is 1. The highest BCUT2D eigenvalue weighted by molar-refractivity contribution is 7.13. The van der Waals surface area contributed by atoms with E-state index >= 15 is 0 Å². The third-order valence-electron chi connectivity index (χ3n) is 3.95. The first-order valence-corrected chi connectivity index (χ1v) is 8.74. The van der Waals surface area contributed by atoms with Crippen LogP contribution in [0.4, 0.5) is 0 Å². The standard InChI is InChI=1S/C18H16N4O2S/c1-24-10-9-21-17(15-8-5-11-25-15)20-16-14(18(21)23)12-19-22(16)13-6-3-2-4-7-13/h2-8,11-12H,9-10H2,1H3. The summed E-state index contributed by atoms with van der Waals surface area (Å²) in [6, 6.07) is 13.6. The molecule has 25 heavy (non-hydrogen) atoms. The lowest BCUT2D eigenvalue weighted by Crippen LogP contribution is -2.25. The smallest absolute Gasteiger partial charge is 0.265 e. The fourth-order valence-electron chi connectivity index (χ4n) is 2.74. The fourth-order valence-corrected chi connectivity index (χ4v) is 3.47. The van der Waals surface area contributed by atoms with Crippen molar-refractivity contribution in [2.45, 2.75) is 6.54 Å². The van der Waals surface area contributed by atoms with Crippen LogP contribution in [0.2, 0.25) is 0 Å². The van der Waals surface area contributed by atoms with Crippen LogP contribution in [0.5, 0.6) is 0 Å². The van der Waals surface area contributed by atoms with E-state index in [-0.39, 0.29) is 5.56 Å². The third kappa shape index (κ3) is 2.77. The highest BCUT2D eigenvalue weighted by Gasteiger charge is 2.17. The van der Waals surface area contributed by atoms with Gasteiger partial charge in [-0.3, -0.25) is 9.36 Å². The van der Waals surface area contributed by atoms with Crippen LogP contribution in [-0.2, 0) is 11.3 Å². The van der Waals surface area contributed by atoms with Crippen molar-refractivity contribution in [2.75, 3.05) is 13.7 Å². The van der Waals surface area contributed by atoms with Crippen LogP contribution in [0.1, 0.15) is 0 Å². The van der Waals surface area contributed by atoms with Crippen LogP contribution in [0.25, 0.3) is 27.4 Å². The first-order valence-electron chi connectivity index (χ1n) is 7.86. The van der Waals surface area contributed by atoms with E-state index in [0.29, 0.717) is 30.0 Å². The Kier molecular flexibility index (Phi) is 4.17. The van der Waals surface area contributed by atoms with Crippen LogP contribution < -0.4 is 5.56 Å². The van der Waals surface area contributed by atoms with E-state index in [1.807, 2.05) is 47.8 Å². The molecule has 0 atom stereocenters. The number of benzene rings is 1. The molecule has 0 spiro atoms. The minimum atomic E-state index is -0.104. The van der Waals surface area contributed by atoms with Crippen molar-refractivity contribution in [3.63, 3.8) is 0 Å². The Morgan fingerprint density at radius 1 is 1.16 bits per heavy atom. The lowest BCUT2D eigenvalue weighted by molar-refractivity contribution is 0.186. The molecule has 1 aromatic carbocycles. The van der Waals surface area contributed by atoms with Gasteiger partial charge in [0.05, 0.1) is 29.9 Å². The molecule has 7 heteroatoms. The zero-order valence-electron chi connectivity index (χ0n) is 13.6. The fraction of sp³-hybridized carbons (Fsp3) is 0.167. The van der Waals surface area contributed by atoms with Gasteiger partial charge in [-0.15, -0.1) is 11.3 Å². The summed E-state index contributed by atoms with van der Waals surface area (Å²) in [5.74, 6) is 0.641. The van der Waals surface area contributed by atoms with E-state index in [2.05, 4.69) is 5.10 Å². The Labute approximate surface area is 147 Å². The number of para-hydroxylation sites is 1. The predicted octanol–water partition coefficient (Wildman–Crippen LogP) is 2.96. The maximum absolute atomic E-state index is 13.0. The first-order chi connectivity index (χ1) is 12.3. The molecule has 0 aliphatic heterocycles. The summed E-state index contributed by atoms with van der Waals surface area (Å²) < 4.78 is 8.52. The van der Waals surface area contributed by atoms with E-state index < -0.39 is 0 Å². The third-order valence-corrected chi connectivity index (χ3v) is 4.81. The van der Waals surface area contributed by atoms with Crippen molar-refractivity contribution in [1.82, 2.24) is 19.3 Å². The highest BCUT2D eigenvalue weighted by Crippen LogP contribution is 2.24. The Hall–Kier alpha value is -2.77. The van der Waals surface area contributed by atoms with Crippen molar-refractivity contribution in [1.29, 1.82) is 0 Å². The zero-order chi connectivity index (χ0) is 17.2. The second-order valence-electron chi connectivity index (χ2n) is 5.49. The minimum Gasteiger partial charge on any atom is -0.383 e. The molecule has 6 nitrogen and oxygen atoms in total. The Bertz CT molecular complexity index is 1050. The van der Waals surface area contributed by atoms with Gasteiger partial charge in [-0.05, 0) is 23.6 Å². The van der Waals surface area contributed by atoms with Crippen LogP contribution in [0.15, 0.2) is 58.8 Å². The van der Waals surface area contributed by atoms with Crippen LogP contribution in [0.3, 0.4) is 0 Å². The van der Waals surface area contributed by atoms with Crippen molar-refractivity contribution in [3.8, 4) is 16.4 Å². The lowest BCUT2D eigenvalue weighted by Gasteiger charge is -2.11. The topological polar surface area (TPSA) is 61.9 Å². The molecule has 0 aliphatic carbocycles. The molecule has 0 fully saturated rings. The number of thiophene rings is 1. The van der Waals surface area contributed by atoms with E-state index in [1.165, 1.54) is 0 Å². The van der Waals surface area contributed by atoms with Crippen molar-refractivity contribution >= 4 is 22.4 Å². The minimum absolute atomic E-state index is 0.104. The Morgan fingerprint density at radius 2 is 2.00 bits per heavy atom. The Morgan fingerprint density at radius 3 is 2.72 bits per heavy atom. The summed E-state index contributed by atoms with van der Waals surface area (Å²) >= 11 is 1.55. The van der Waals surface area contributed by atoms with E-state index in [4.69, 9.17) is 9.72 Å². The van der Waals surface area contributed by atoms with Gasteiger partial charge in [0, 0.05) is 7.11 Å². The summed E-state index contributed by atoms with van der Waals surface area (Å²) in [4.78, 5) is 18.7. The lowest BCUT2D eigenvalue weighted by atomic mass is 10.3. The molecule has 0 bridgehead atoms. The summed E-state index contributed by atoms with van der Waals surface area (Å²) in [5.41, 5.74) is 1.33. The molecule has 0 saturated heterocycles. The van der Waals surface area contributed by atoms with Gasteiger partial charge in [-0.2, -0.15) is 5.10 Å². The second kappa shape index (κ2) is 6.62. The average molecular weight is 352 g/mol. The maximum atomic E-state index is 13.0. The summed E-state index contributed by atoms with van der Waals surface area (Å²) in [6.07, 6.45) is 1.58. The van der Waals surface area contributed by atoms with E-state index in [0.717, 1.165) is 10.6 Å². The first kappa shape index (κ1) is 15.7. The molecular formula is C18H16N4O2S. The molecule has 4 rings (SSSR count). The predicted molar refractivity (Wildman–Crippen MR) is 98.3 cm³/mol. The number of hydrogen-bond acceptors (Lipinski definition) is 5. The molecule has 3 heterocycles. The van der Waals surface area contributed by atoms with E-state index in [9.17, 15) is 4.79 Å². The molecular weight excluding hydrogens is 336 g/mol. The monoisotopic (exact) mass is 352 g/mol. The number of hydrogen-bond donors (Lipinski definition) is 0. The van der Waals surface area contributed by atoms with Gasteiger partial charge in [-0.1, -0.05) is 24.3 Å². The normalized spacial score (nSPS) is 11.2. The van der Waals surface area contributed by atoms with Crippen LogP contribution in [-0.4, -0.2) is 33.0 Å². The maximum Gasteiger partial charge on any atom is 0.265 e. The number of rotatable bonds is 5. The highest BCUT2D eigenvalue weighted by atomic mass is 32.1. The van der Waals surface area contributed by atoms with E-state index in [1.54, 1.807) is 33.9 Å². The largest absolute Gasteiger partial charge is 0.383 e. The number of methoxy groups -OCH3 is 1. The second-order valence-corrected chi connectivity index (χ2v) is 6.44. The number of nitrogens with zero attached hydrogens (tertiary/aromatic N) is 4. The van der Waals surface area contributed by atoms with Gasteiger partial charge in [-0.25, -0.2) is 9.67 Å². The van der Waals surface area contributed by atoms with Crippen molar-refractivity contribution < 1.29 is 4.74 Å². The van der Waals surface area contributed by atoms with Gasteiger partial charge in [0.25, 0.3) is 5.56 Å². The molecule has 126 valence electrons.